The number of hydrogen-bond donors (Lipinski definition) is 2. The minimum atomic E-state index is -4.11. The number of primary amides is 1. The molecule has 1 heterocycles. The summed E-state index contributed by atoms with van der Waals surface area (Å²) in [5.41, 5.74) is 5.02. The van der Waals surface area contributed by atoms with Crippen LogP contribution in [0.4, 0.5) is 0 Å². The van der Waals surface area contributed by atoms with Gasteiger partial charge in [-0.15, -0.1) is 0 Å². The number of rotatable bonds is 6. The van der Waals surface area contributed by atoms with Gasteiger partial charge in [-0.3, -0.25) is 4.79 Å². The maximum Gasteiger partial charge on any atom is 0.371 e. The van der Waals surface area contributed by atoms with Crippen molar-refractivity contribution in [1.29, 1.82) is 0 Å². The van der Waals surface area contributed by atoms with Gasteiger partial charge in [-0.05, 0) is 29.8 Å². The smallest absolute Gasteiger partial charge is 0.371 e. The molecule has 0 atom stereocenters. The number of hydrogen-bond acceptors (Lipinski definition) is 5. The third-order valence-electron chi connectivity index (χ3n) is 2.34. The Labute approximate surface area is 123 Å². The minimum Gasteiger partial charge on any atom is -0.475 e. The zero-order chi connectivity index (χ0) is 15.7. The molecular weight excluding hydrogens is 356 g/mol. The molecule has 0 saturated carbocycles. The number of carbonyl (C=O) groups is 2. The molecule has 0 aliphatic rings. The molecule has 0 bridgehead atoms. The molecule has 20 heavy (non-hydrogen) atoms. The Balaban J connectivity index is 3.33. The first kappa shape index (κ1) is 16.7. The molecule has 3 N–H and O–H groups in total. The number of aromatic carboxylic acids is 1. The Hall–Kier alpha value is -1.39. The summed E-state index contributed by atoms with van der Waals surface area (Å²) in [6, 6.07) is 0.334. The van der Waals surface area contributed by atoms with E-state index in [1.807, 2.05) is 0 Å². The van der Waals surface area contributed by atoms with Gasteiger partial charge >= 0.3 is 5.97 Å². The lowest BCUT2D eigenvalue weighted by atomic mass is 10.4. The zero-order valence-corrected chi connectivity index (χ0v) is 13.1. The molecule has 0 aromatic carbocycles. The fraction of sp³-hybridized carbons (Fsp3) is 0.400. The topological polar surface area (TPSA) is 131 Å². The largest absolute Gasteiger partial charge is 0.475 e. The summed E-state index contributed by atoms with van der Waals surface area (Å²) < 4.78 is 30.2. The number of sulfonamides is 1. The number of furan rings is 1. The van der Waals surface area contributed by atoms with Crippen LogP contribution in [-0.4, -0.2) is 42.3 Å². The van der Waals surface area contributed by atoms with E-state index in [4.69, 9.17) is 15.3 Å². The second-order valence-corrected chi connectivity index (χ2v) is 6.74. The van der Waals surface area contributed by atoms with E-state index in [9.17, 15) is 18.0 Å². The van der Waals surface area contributed by atoms with Crippen molar-refractivity contribution < 1.29 is 27.5 Å². The molecule has 0 saturated heterocycles. The summed E-state index contributed by atoms with van der Waals surface area (Å²) in [5.74, 6) is -2.75. The third-order valence-corrected chi connectivity index (χ3v) is 5.22. The van der Waals surface area contributed by atoms with Gasteiger partial charge in [0.25, 0.3) is 0 Å². The van der Waals surface area contributed by atoms with Gasteiger partial charge in [-0.1, -0.05) is 0 Å². The molecule has 0 radical (unpaired) electrons. The highest BCUT2D eigenvalue weighted by molar-refractivity contribution is 9.10. The molecule has 10 heteroatoms. The zero-order valence-electron chi connectivity index (χ0n) is 10.7. The van der Waals surface area contributed by atoms with Gasteiger partial charge in [0.1, 0.15) is 4.90 Å². The van der Waals surface area contributed by atoms with Crippen LogP contribution in [0.2, 0.25) is 0 Å². The van der Waals surface area contributed by atoms with Crippen molar-refractivity contribution in [2.45, 2.75) is 24.8 Å². The normalized spacial score (nSPS) is 12.1. The van der Waals surface area contributed by atoms with E-state index >= 15 is 0 Å². The summed E-state index contributed by atoms with van der Waals surface area (Å²) in [6.45, 7) is 2.61. The first-order chi connectivity index (χ1) is 9.07. The van der Waals surface area contributed by atoms with Gasteiger partial charge in [0, 0.05) is 12.1 Å². The fourth-order valence-electron chi connectivity index (χ4n) is 1.46. The molecule has 112 valence electrons. The number of carboxylic acid groups (broad SMARTS) is 1. The average Bonchev–Trinajstić information content (AvgIpc) is 2.68. The van der Waals surface area contributed by atoms with Crippen LogP contribution < -0.4 is 5.73 Å². The van der Waals surface area contributed by atoms with Crippen LogP contribution in [-0.2, 0) is 14.8 Å². The van der Waals surface area contributed by atoms with E-state index in [0.29, 0.717) is 0 Å². The van der Waals surface area contributed by atoms with Crippen LogP contribution >= 0.6 is 15.9 Å². The molecule has 0 fully saturated rings. The fourth-order valence-corrected chi connectivity index (χ4v) is 3.97. The highest BCUT2D eigenvalue weighted by Gasteiger charge is 2.33. The Morgan fingerprint density at radius 2 is 2.05 bits per heavy atom. The molecule has 1 aromatic heterocycles. The van der Waals surface area contributed by atoms with Crippen LogP contribution in [0.25, 0.3) is 0 Å². The minimum absolute atomic E-state index is 0.245. The summed E-state index contributed by atoms with van der Waals surface area (Å²) in [5, 5.41) is 8.78. The van der Waals surface area contributed by atoms with Crippen LogP contribution in [0.5, 0.6) is 0 Å². The quantitative estimate of drug-likeness (QED) is 0.756. The molecule has 0 aliphatic heterocycles. The highest BCUT2D eigenvalue weighted by Crippen LogP contribution is 2.29. The van der Waals surface area contributed by atoms with E-state index in [-0.39, 0.29) is 9.56 Å². The lowest BCUT2D eigenvalue weighted by molar-refractivity contribution is -0.118. The molecule has 0 unspecified atom stereocenters. The van der Waals surface area contributed by atoms with Crippen molar-refractivity contribution in [3.63, 3.8) is 0 Å². The summed E-state index contributed by atoms with van der Waals surface area (Å²) in [7, 11) is -4.11. The SMILES string of the molecule is CC(C)N(CC(N)=O)S(=O)(=O)c1cc(C(=O)O)oc1Br. The van der Waals surface area contributed by atoms with Crippen molar-refractivity contribution in [3.8, 4) is 0 Å². The lowest BCUT2D eigenvalue weighted by Crippen LogP contribution is -2.42. The van der Waals surface area contributed by atoms with Crippen molar-refractivity contribution in [3.05, 3.63) is 16.5 Å². The van der Waals surface area contributed by atoms with E-state index in [1.54, 1.807) is 13.8 Å². The second-order valence-electron chi connectivity index (χ2n) is 4.16. The third kappa shape index (κ3) is 3.38. The van der Waals surface area contributed by atoms with Gasteiger partial charge in [0.2, 0.25) is 21.7 Å². The molecule has 0 aliphatic carbocycles. The van der Waals surface area contributed by atoms with E-state index in [1.165, 1.54) is 0 Å². The van der Waals surface area contributed by atoms with Crippen LogP contribution in [0.3, 0.4) is 0 Å². The maximum absolute atomic E-state index is 12.4. The van der Waals surface area contributed by atoms with Gasteiger partial charge < -0.3 is 15.3 Å². The first-order valence-corrected chi connectivity index (χ1v) is 7.63. The Kier molecular flexibility index (Phi) is 4.95. The molecule has 0 spiro atoms. The number of nitrogens with zero attached hydrogens (tertiary/aromatic N) is 1. The number of halogens is 1. The number of nitrogens with two attached hydrogens (primary N) is 1. The summed E-state index contributed by atoms with van der Waals surface area (Å²) in [4.78, 5) is 21.4. The molecule has 1 amide bonds. The van der Waals surface area contributed by atoms with Crippen LogP contribution in [0.15, 0.2) is 20.0 Å². The number of carboxylic acids is 1. The van der Waals surface area contributed by atoms with Gasteiger partial charge in [0.05, 0.1) is 6.54 Å². The van der Waals surface area contributed by atoms with Crippen LogP contribution in [0, 0.1) is 0 Å². The Morgan fingerprint density at radius 3 is 2.40 bits per heavy atom. The molecule has 1 rings (SSSR count). The average molecular weight is 369 g/mol. The van der Waals surface area contributed by atoms with Crippen molar-refractivity contribution in [2.75, 3.05) is 6.54 Å². The van der Waals surface area contributed by atoms with Crippen LogP contribution in [0.1, 0.15) is 24.4 Å². The van der Waals surface area contributed by atoms with Crippen molar-refractivity contribution in [2.24, 2.45) is 5.73 Å². The predicted molar refractivity (Wildman–Crippen MR) is 71.6 cm³/mol. The van der Waals surface area contributed by atoms with E-state index in [0.717, 1.165) is 10.4 Å². The van der Waals surface area contributed by atoms with Gasteiger partial charge in [-0.25, -0.2) is 13.2 Å². The number of amides is 1. The van der Waals surface area contributed by atoms with Crippen molar-refractivity contribution in [1.82, 2.24) is 4.31 Å². The van der Waals surface area contributed by atoms with E-state index < -0.39 is 40.2 Å². The van der Waals surface area contributed by atoms with E-state index in [2.05, 4.69) is 15.9 Å². The number of carbonyl (C=O) groups excluding carboxylic acids is 1. The van der Waals surface area contributed by atoms with Crippen molar-refractivity contribution >= 4 is 37.8 Å². The summed E-state index contributed by atoms with van der Waals surface area (Å²) in [6.07, 6.45) is 0. The second kappa shape index (κ2) is 5.94. The van der Waals surface area contributed by atoms with Gasteiger partial charge in [-0.2, -0.15) is 4.31 Å². The Morgan fingerprint density at radius 1 is 1.50 bits per heavy atom. The highest BCUT2D eigenvalue weighted by atomic mass is 79.9. The molecule has 8 nitrogen and oxygen atoms in total. The molecule has 1 aromatic rings. The maximum atomic E-state index is 12.4. The van der Waals surface area contributed by atoms with Gasteiger partial charge in [0.15, 0.2) is 4.67 Å². The standard InChI is InChI=1S/C10H13BrN2O6S/c1-5(2)13(4-8(12)14)20(17,18)7-3-6(10(15)16)19-9(7)11/h3,5H,4H2,1-2H3,(H2,12,14)(H,15,16). The summed E-state index contributed by atoms with van der Waals surface area (Å²) >= 11 is 2.85. The Bertz CT molecular complexity index is 636. The molecular formula is C10H13BrN2O6S. The first-order valence-electron chi connectivity index (χ1n) is 5.40. The lowest BCUT2D eigenvalue weighted by Gasteiger charge is -2.23. The monoisotopic (exact) mass is 368 g/mol. The predicted octanol–water partition coefficient (Wildman–Crippen LogP) is 0.625.